The molecule has 1 aliphatic heterocycles. The summed E-state index contributed by atoms with van der Waals surface area (Å²) in [6.45, 7) is 4.04. The zero-order valence-corrected chi connectivity index (χ0v) is 11.6. The van der Waals surface area contributed by atoms with E-state index < -0.39 is 0 Å². The SMILES string of the molecule is Cc1cccc(OC2CCCCNC2)n1.Cl.Cl. The summed E-state index contributed by atoms with van der Waals surface area (Å²) in [7, 11) is 0. The Bertz CT molecular complexity index is 315. The summed E-state index contributed by atoms with van der Waals surface area (Å²) in [6, 6.07) is 5.90. The highest BCUT2D eigenvalue weighted by Gasteiger charge is 2.13. The minimum atomic E-state index is 0. The molecule has 2 rings (SSSR count). The van der Waals surface area contributed by atoms with Gasteiger partial charge in [-0.05, 0) is 38.8 Å². The van der Waals surface area contributed by atoms with E-state index in [-0.39, 0.29) is 30.9 Å². The second-order valence-electron chi connectivity index (χ2n) is 4.06. The van der Waals surface area contributed by atoms with Gasteiger partial charge in [-0.15, -0.1) is 24.8 Å². The zero-order chi connectivity index (χ0) is 10.5. The molecular weight excluding hydrogens is 259 g/mol. The molecule has 1 aromatic heterocycles. The van der Waals surface area contributed by atoms with Gasteiger partial charge >= 0.3 is 0 Å². The summed E-state index contributed by atoms with van der Waals surface area (Å²) in [6.07, 6.45) is 3.90. The van der Waals surface area contributed by atoms with E-state index in [0.717, 1.165) is 31.1 Å². The molecule has 2 heterocycles. The lowest BCUT2D eigenvalue weighted by molar-refractivity contribution is 0.186. The van der Waals surface area contributed by atoms with Crippen molar-refractivity contribution in [2.45, 2.75) is 32.3 Å². The molecule has 0 aliphatic carbocycles. The monoisotopic (exact) mass is 278 g/mol. The first kappa shape index (κ1) is 16.5. The first-order valence-electron chi connectivity index (χ1n) is 5.65. The van der Waals surface area contributed by atoms with Crippen LogP contribution in [-0.4, -0.2) is 24.2 Å². The third kappa shape index (κ3) is 5.57. The van der Waals surface area contributed by atoms with Crippen molar-refractivity contribution in [3.63, 3.8) is 0 Å². The molecule has 0 amide bonds. The third-order valence-corrected chi connectivity index (χ3v) is 2.65. The molecule has 1 saturated heterocycles. The highest BCUT2D eigenvalue weighted by Crippen LogP contribution is 2.13. The molecule has 5 heteroatoms. The highest BCUT2D eigenvalue weighted by atomic mass is 35.5. The summed E-state index contributed by atoms with van der Waals surface area (Å²) in [4.78, 5) is 4.35. The number of halogens is 2. The highest BCUT2D eigenvalue weighted by molar-refractivity contribution is 5.85. The molecule has 0 aromatic carbocycles. The Kier molecular flexibility index (Phi) is 8.30. The number of nitrogens with one attached hydrogen (secondary N) is 1. The topological polar surface area (TPSA) is 34.1 Å². The van der Waals surface area contributed by atoms with Crippen LogP contribution in [-0.2, 0) is 0 Å². The number of aryl methyl sites for hydroxylation is 1. The Morgan fingerprint density at radius 3 is 2.88 bits per heavy atom. The molecule has 1 N–H and O–H groups in total. The molecular formula is C12H20Cl2N2O. The number of ether oxygens (including phenoxy) is 1. The summed E-state index contributed by atoms with van der Waals surface area (Å²) in [5, 5.41) is 3.38. The summed E-state index contributed by atoms with van der Waals surface area (Å²) < 4.78 is 5.84. The van der Waals surface area contributed by atoms with E-state index in [9.17, 15) is 0 Å². The maximum atomic E-state index is 5.84. The maximum Gasteiger partial charge on any atom is 0.213 e. The predicted octanol–water partition coefficient (Wildman–Crippen LogP) is 2.75. The van der Waals surface area contributed by atoms with Gasteiger partial charge in [0.2, 0.25) is 5.88 Å². The number of aromatic nitrogens is 1. The van der Waals surface area contributed by atoms with Gasteiger partial charge < -0.3 is 10.1 Å². The fourth-order valence-electron chi connectivity index (χ4n) is 1.84. The second-order valence-corrected chi connectivity index (χ2v) is 4.06. The fourth-order valence-corrected chi connectivity index (χ4v) is 1.84. The molecule has 1 atom stereocenters. The molecule has 0 spiro atoms. The van der Waals surface area contributed by atoms with E-state index in [4.69, 9.17) is 4.74 Å². The first-order valence-corrected chi connectivity index (χ1v) is 5.65. The quantitative estimate of drug-likeness (QED) is 0.904. The van der Waals surface area contributed by atoms with E-state index in [1.165, 1.54) is 12.8 Å². The zero-order valence-electron chi connectivity index (χ0n) is 10.0. The van der Waals surface area contributed by atoms with Gasteiger partial charge in [0.1, 0.15) is 6.10 Å². The average molecular weight is 279 g/mol. The Morgan fingerprint density at radius 2 is 2.12 bits per heavy atom. The fraction of sp³-hybridized carbons (Fsp3) is 0.583. The van der Waals surface area contributed by atoms with Gasteiger partial charge in [0.15, 0.2) is 0 Å². The minimum Gasteiger partial charge on any atom is -0.473 e. The number of hydrogen-bond acceptors (Lipinski definition) is 3. The number of nitrogens with zero attached hydrogens (tertiary/aromatic N) is 1. The van der Waals surface area contributed by atoms with Crippen LogP contribution in [0.3, 0.4) is 0 Å². The molecule has 1 aromatic rings. The van der Waals surface area contributed by atoms with Crippen LogP contribution in [0.5, 0.6) is 5.88 Å². The molecule has 3 nitrogen and oxygen atoms in total. The van der Waals surface area contributed by atoms with E-state index >= 15 is 0 Å². The van der Waals surface area contributed by atoms with Crippen LogP contribution in [0, 0.1) is 6.92 Å². The van der Waals surface area contributed by atoms with Crippen LogP contribution >= 0.6 is 24.8 Å². The van der Waals surface area contributed by atoms with Crippen LogP contribution in [0.15, 0.2) is 18.2 Å². The van der Waals surface area contributed by atoms with Crippen LogP contribution in [0.4, 0.5) is 0 Å². The lowest BCUT2D eigenvalue weighted by Gasteiger charge is -2.16. The lowest BCUT2D eigenvalue weighted by atomic mass is 10.2. The standard InChI is InChI=1S/C12H18N2O.2ClH/c1-10-5-4-7-12(14-10)15-11-6-2-3-8-13-9-11;;/h4-5,7,11,13H,2-3,6,8-9H2,1H3;2*1H. The Balaban J connectivity index is 0.00000128. The molecule has 0 bridgehead atoms. The van der Waals surface area contributed by atoms with Gasteiger partial charge in [-0.3, -0.25) is 0 Å². The number of hydrogen-bond donors (Lipinski definition) is 1. The van der Waals surface area contributed by atoms with Crippen molar-refractivity contribution in [1.29, 1.82) is 0 Å². The van der Waals surface area contributed by atoms with E-state index in [2.05, 4.69) is 10.3 Å². The van der Waals surface area contributed by atoms with Crippen LogP contribution < -0.4 is 10.1 Å². The van der Waals surface area contributed by atoms with Crippen molar-refractivity contribution >= 4 is 24.8 Å². The second kappa shape index (κ2) is 8.56. The smallest absolute Gasteiger partial charge is 0.213 e. The van der Waals surface area contributed by atoms with Crippen LogP contribution in [0.2, 0.25) is 0 Å². The van der Waals surface area contributed by atoms with Crippen molar-refractivity contribution in [3.05, 3.63) is 23.9 Å². The molecule has 98 valence electrons. The summed E-state index contributed by atoms with van der Waals surface area (Å²) in [5.74, 6) is 0.753. The number of rotatable bonds is 2. The van der Waals surface area contributed by atoms with Crippen LogP contribution in [0.1, 0.15) is 25.0 Å². The maximum absolute atomic E-state index is 5.84. The van der Waals surface area contributed by atoms with Gasteiger partial charge in [-0.25, -0.2) is 4.98 Å². The summed E-state index contributed by atoms with van der Waals surface area (Å²) in [5.41, 5.74) is 1.01. The number of pyridine rings is 1. The van der Waals surface area contributed by atoms with E-state index in [0.29, 0.717) is 0 Å². The van der Waals surface area contributed by atoms with E-state index in [1.807, 2.05) is 25.1 Å². The first-order chi connectivity index (χ1) is 7.34. The average Bonchev–Trinajstić information content (AvgIpc) is 2.46. The van der Waals surface area contributed by atoms with Crippen molar-refractivity contribution in [3.8, 4) is 5.88 Å². The van der Waals surface area contributed by atoms with Crippen molar-refractivity contribution in [2.75, 3.05) is 13.1 Å². The Morgan fingerprint density at radius 1 is 1.29 bits per heavy atom. The van der Waals surface area contributed by atoms with Crippen LogP contribution in [0.25, 0.3) is 0 Å². The lowest BCUT2D eigenvalue weighted by Crippen LogP contribution is -2.29. The van der Waals surface area contributed by atoms with Crippen molar-refractivity contribution in [2.24, 2.45) is 0 Å². The molecule has 17 heavy (non-hydrogen) atoms. The van der Waals surface area contributed by atoms with Gasteiger partial charge in [0.25, 0.3) is 0 Å². The molecule has 0 saturated carbocycles. The Labute approximate surface area is 115 Å². The van der Waals surface area contributed by atoms with Gasteiger partial charge in [-0.2, -0.15) is 0 Å². The molecule has 1 unspecified atom stereocenters. The predicted molar refractivity (Wildman–Crippen MR) is 74.6 cm³/mol. The normalized spacial score (nSPS) is 19.5. The molecule has 1 fully saturated rings. The van der Waals surface area contributed by atoms with Gasteiger partial charge in [0, 0.05) is 18.3 Å². The van der Waals surface area contributed by atoms with Crippen molar-refractivity contribution < 1.29 is 4.74 Å². The van der Waals surface area contributed by atoms with Gasteiger partial charge in [0.05, 0.1) is 0 Å². The minimum absolute atomic E-state index is 0. The molecule has 0 radical (unpaired) electrons. The van der Waals surface area contributed by atoms with Gasteiger partial charge in [-0.1, -0.05) is 6.07 Å². The third-order valence-electron chi connectivity index (χ3n) is 2.65. The largest absolute Gasteiger partial charge is 0.473 e. The van der Waals surface area contributed by atoms with Crippen molar-refractivity contribution in [1.82, 2.24) is 10.3 Å². The Hall–Kier alpha value is -0.510. The summed E-state index contributed by atoms with van der Waals surface area (Å²) >= 11 is 0. The molecule has 1 aliphatic rings. The van der Waals surface area contributed by atoms with E-state index in [1.54, 1.807) is 0 Å².